The highest BCUT2D eigenvalue weighted by Gasteiger charge is 2.09. The monoisotopic (exact) mass is 413 g/mol. The molecule has 3 aromatic heterocycles. The van der Waals surface area contributed by atoms with E-state index in [0.29, 0.717) is 17.3 Å². The van der Waals surface area contributed by atoms with Crippen molar-refractivity contribution < 1.29 is 19.4 Å². The fraction of sp³-hybridized carbons (Fsp3) is 0.167. The molecule has 3 amide bonds. The van der Waals surface area contributed by atoms with Crippen LogP contribution in [-0.4, -0.2) is 40.2 Å². The number of carboxylic acid groups (broad SMARTS) is 1. The molecule has 0 bridgehead atoms. The molecule has 3 aromatic rings. The predicted molar refractivity (Wildman–Crippen MR) is 105 cm³/mol. The maximum atomic E-state index is 12.2. The molecule has 0 aliphatic rings. The number of thiazole rings is 1. The second kappa shape index (κ2) is 10.1. The third kappa shape index (κ3) is 6.52. The molecular weight excluding hydrogens is 396 g/mol. The third-order valence-electron chi connectivity index (χ3n) is 3.49. The predicted octanol–water partition coefficient (Wildman–Crippen LogP) is 1.69. The van der Waals surface area contributed by atoms with Crippen LogP contribution in [0.2, 0.25) is 0 Å². The van der Waals surface area contributed by atoms with E-state index in [1.54, 1.807) is 36.0 Å². The zero-order valence-electron chi connectivity index (χ0n) is 15.1. The number of nitrogens with zero attached hydrogens (tertiary/aromatic N) is 3. The maximum Gasteiger partial charge on any atom is 0.326 e. The van der Waals surface area contributed by atoms with Gasteiger partial charge in [-0.15, -0.1) is 11.3 Å². The SMILES string of the molecule is O=C([O-])NCCOCc1cccc(NC(=O)Nc2csc(-c3ccncc3)n2)n1. The number of carbonyl (C=O) groups is 2. The molecule has 0 spiro atoms. The van der Waals surface area contributed by atoms with Crippen molar-refractivity contribution in [2.75, 3.05) is 23.8 Å². The van der Waals surface area contributed by atoms with Gasteiger partial charge < -0.3 is 20.0 Å². The van der Waals surface area contributed by atoms with E-state index < -0.39 is 12.1 Å². The van der Waals surface area contributed by atoms with E-state index in [9.17, 15) is 14.7 Å². The minimum absolute atomic E-state index is 0.123. The number of aromatic nitrogens is 3. The molecule has 0 aromatic carbocycles. The van der Waals surface area contributed by atoms with Gasteiger partial charge in [0.2, 0.25) is 0 Å². The Morgan fingerprint density at radius 1 is 1.07 bits per heavy atom. The molecule has 11 heteroatoms. The summed E-state index contributed by atoms with van der Waals surface area (Å²) in [7, 11) is 0. The van der Waals surface area contributed by atoms with Gasteiger partial charge in [0.1, 0.15) is 22.7 Å². The first-order valence-corrected chi connectivity index (χ1v) is 9.40. The molecule has 3 N–H and O–H groups in total. The molecule has 150 valence electrons. The molecule has 29 heavy (non-hydrogen) atoms. The van der Waals surface area contributed by atoms with Gasteiger partial charge in [0.15, 0.2) is 0 Å². The minimum atomic E-state index is -1.35. The van der Waals surface area contributed by atoms with Crippen molar-refractivity contribution >= 4 is 35.1 Å². The van der Waals surface area contributed by atoms with E-state index in [2.05, 4.69) is 30.9 Å². The summed E-state index contributed by atoms with van der Waals surface area (Å²) in [5.74, 6) is 0.778. The minimum Gasteiger partial charge on any atom is -0.530 e. The van der Waals surface area contributed by atoms with Gasteiger partial charge in [0.05, 0.1) is 18.9 Å². The van der Waals surface area contributed by atoms with Crippen LogP contribution in [0.15, 0.2) is 48.1 Å². The average Bonchev–Trinajstić information content (AvgIpc) is 3.17. The van der Waals surface area contributed by atoms with Gasteiger partial charge in [0, 0.05) is 29.9 Å². The first kappa shape index (κ1) is 20.2. The second-order valence-corrected chi connectivity index (χ2v) is 6.49. The molecule has 10 nitrogen and oxygen atoms in total. The second-order valence-electron chi connectivity index (χ2n) is 5.63. The van der Waals surface area contributed by atoms with Crippen LogP contribution >= 0.6 is 11.3 Å². The molecule has 3 rings (SSSR count). The maximum absolute atomic E-state index is 12.2. The highest BCUT2D eigenvalue weighted by atomic mass is 32.1. The molecular formula is C18H17N6O4S-. The van der Waals surface area contributed by atoms with E-state index in [1.165, 1.54) is 11.3 Å². The van der Waals surface area contributed by atoms with E-state index in [0.717, 1.165) is 10.6 Å². The van der Waals surface area contributed by atoms with E-state index in [-0.39, 0.29) is 19.8 Å². The zero-order valence-corrected chi connectivity index (χ0v) is 15.9. The Morgan fingerprint density at radius 2 is 1.86 bits per heavy atom. The molecule has 0 saturated heterocycles. The van der Waals surface area contributed by atoms with Gasteiger partial charge >= 0.3 is 6.03 Å². The molecule has 0 atom stereocenters. The number of anilines is 2. The lowest BCUT2D eigenvalue weighted by Crippen LogP contribution is -2.38. The number of ether oxygens (including phenoxy) is 1. The van der Waals surface area contributed by atoms with Crippen LogP contribution in [0.25, 0.3) is 10.6 Å². The molecule has 0 radical (unpaired) electrons. The van der Waals surface area contributed by atoms with Crippen LogP contribution in [-0.2, 0) is 11.3 Å². The molecule has 0 aliphatic heterocycles. The lowest BCUT2D eigenvalue weighted by Gasteiger charge is -2.09. The van der Waals surface area contributed by atoms with Crippen molar-refractivity contribution in [3.05, 3.63) is 53.8 Å². The van der Waals surface area contributed by atoms with Crippen molar-refractivity contribution in [3.8, 4) is 10.6 Å². The van der Waals surface area contributed by atoms with Gasteiger partial charge in [-0.05, 0) is 24.3 Å². The quantitative estimate of drug-likeness (QED) is 0.477. The summed E-state index contributed by atoms with van der Waals surface area (Å²) in [5, 5.41) is 20.1. The Balaban J connectivity index is 1.49. The van der Waals surface area contributed by atoms with Crippen LogP contribution in [0.5, 0.6) is 0 Å². The molecule has 0 fully saturated rings. The lowest BCUT2D eigenvalue weighted by atomic mass is 10.3. The number of rotatable bonds is 8. The summed E-state index contributed by atoms with van der Waals surface area (Å²) in [5.41, 5.74) is 1.51. The number of carbonyl (C=O) groups excluding carboxylic acids is 2. The average molecular weight is 413 g/mol. The summed E-state index contributed by atoms with van der Waals surface area (Å²) in [6.45, 7) is 0.475. The van der Waals surface area contributed by atoms with E-state index in [1.807, 2.05) is 12.1 Å². The largest absolute Gasteiger partial charge is 0.530 e. The van der Waals surface area contributed by atoms with E-state index >= 15 is 0 Å². The number of pyridine rings is 2. The summed E-state index contributed by atoms with van der Waals surface area (Å²) in [6, 6.07) is 8.32. The molecule has 0 saturated carbocycles. The fourth-order valence-electron chi connectivity index (χ4n) is 2.25. The molecule has 3 heterocycles. The van der Waals surface area contributed by atoms with Crippen molar-refractivity contribution in [2.45, 2.75) is 6.61 Å². The van der Waals surface area contributed by atoms with Gasteiger partial charge in [0.25, 0.3) is 0 Å². The van der Waals surface area contributed by atoms with Crippen LogP contribution < -0.4 is 21.1 Å². The number of nitrogens with one attached hydrogen (secondary N) is 3. The Kier molecular flexibility index (Phi) is 7.03. The van der Waals surface area contributed by atoms with Crippen LogP contribution in [0.4, 0.5) is 21.2 Å². The van der Waals surface area contributed by atoms with Crippen LogP contribution in [0.3, 0.4) is 0 Å². The van der Waals surface area contributed by atoms with Crippen molar-refractivity contribution in [1.82, 2.24) is 20.3 Å². The third-order valence-corrected chi connectivity index (χ3v) is 4.38. The van der Waals surface area contributed by atoms with Crippen molar-refractivity contribution in [2.24, 2.45) is 0 Å². The number of urea groups is 1. The molecule has 0 unspecified atom stereocenters. The topological polar surface area (TPSA) is 141 Å². The Morgan fingerprint density at radius 3 is 2.66 bits per heavy atom. The first-order chi connectivity index (χ1) is 14.1. The highest BCUT2D eigenvalue weighted by Crippen LogP contribution is 2.25. The summed E-state index contributed by atoms with van der Waals surface area (Å²) >= 11 is 1.41. The molecule has 0 aliphatic carbocycles. The van der Waals surface area contributed by atoms with Gasteiger partial charge in [-0.25, -0.2) is 14.8 Å². The number of hydrogen-bond donors (Lipinski definition) is 3. The number of hydrogen-bond acceptors (Lipinski definition) is 8. The van der Waals surface area contributed by atoms with E-state index in [4.69, 9.17) is 4.74 Å². The van der Waals surface area contributed by atoms with Crippen LogP contribution in [0.1, 0.15) is 5.69 Å². The van der Waals surface area contributed by atoms with Crippen LogP contribution in [0, 0.1) is 0 Å². The first-order valence-electron chi connectivity index (χ1n) is 8.52. The van der Waals surface area contributed by atoms with Crippen molar-refractivity contribution in [3.63, 3.8) is 0 Å². The summed E-state index contributed by atoms with van der Waals surface area (Å²) < 4.78 is 5.31. The number of amides is 3. The van der Waals surface area contributed by atoms with Gasteiger partial charge in [-0.2, -0.15) is 0 Å². The summed E-state index contributed by atoms with van der Waals surface area (Å²) in [4.78, 5) is 35.0. The lowest BCUT2D eigenvalue weighted by molar-refractivity contribution is -0.250. The summed E-state index contributed by atoms with van der Waals surface area (Å²) in [6.07, 6.45) is 2.01. The Hall–Kier alpha value is -3.57. The van der Waals surface area contributed by atoms with Gasteiger partial charge in [-0.3, -0.25) is 15.6 Å². The normalized spacial score (nSPS) is 10.3. The fourth-order valence-corrected chi connectivity index (χ4v) is 3.01. The van der Waals surface area contributed by atoms with Gasteiger partial charge in [-0.1, -0.05) is 6.07 Å². The van der Waals surface area contributed by atoms with Crippen molar-refractivity contribution in [1.29, 1.82) is 0 Å². The zero-order chi connectivity index (χ0) is 20.5. The Labute approximate surface area is 170 Å². The smallest absolute Gasteiger partial charge is 0.326 e. The standard InChI is InChI=1S/C18H18N6O4S/c25-17(24-15-11-29-16(22-15)12-4-6-19-7-5-12)23-14-3-1-2-13(21-14)10-28-9-8-20-18(26)27/h1-7,11,20H,8-10H2,(H,26,27)(H2,21,23,24,25)/p-1. The highest BCUT2D eigenvalue weighted by molar-refractivity contribution is 7.13. The Bertz CT molecular complexity index is 966.